The summed E-state index contributed by atoms with van der Waals surface area (Å²) in [6, 6.07) is 5.37. The van der Waals surface area contributed by atoms with Crippen molar-refractivity contribution >= 4 is 23.6 Å². The zero-order valence-corrected chi connectivity index (χ0v) is 32.6. The number of ketones is 1. The van der Waals surface area contributed by atoms with Gasteiger partial charge in [-0.25, -0.2) is 0 Å². The maximum Gasteiger partial charge on any atom is 0.309 e. The number of allylic oxidation sites excluding steroid dienone is 2. The topological polar surface area (TPSA) is 123 Å². The highest BCUT2D eigenvalue weighted by Crippen LogP contribution is 2.77. The first-order chi connectivity index (χ1) is 23.7. The molecule has 4 fully saturated rings. The van der Waals surface area contributed by atoms with E-state index >= 15 is 0 Å². The minimum Gasteiger partial charge on any atom is -0.481 e. The molecule has 51 heavy (non-hydrogen) atoms. The number of pyridine rings is 1. The number of carbonyl (C=O) groups excluding carboxylic acids is 3. The third-order valence-electron chi connectivity index (χ3n) is 15.7. The molecule has 1 heterocycles. The lowest BCUT2D eigenvalue weighted by Gasteiger charge is -2.72. The number of hydrogen-bond acceptors (Lipinski definition) is 6. The van der Waals surface area contributed by atoms with E-state index in [2.05, 4.69) is 58.8 Å². The Kier molecular flexibility index (Phi) is 9.49. The van der Waals surface area contributed by atoms with Gasteiger partial charge in [-0.3, -0.25) is 24.2 Å². The molecule has 0 radical (unpaired) electrons. The van der Waals surface area contributed by atoms with E-state index in [-0.39, 0.29) is 51.4 Å². The molecule has 8 atom stereocenters. The first-order valence-corrected chi connectivity index (χ1v) is 19.6. The van der Waals surface area contributed by atoms with E-state index in [1.807, 2.05) is 12.1 Å². The maximum absolute atomic E-state index is 14.0. The number of nitrogens with one attached hydrogen (secondary N) is 1. The van der Waals surface area contributed by atoms with E-state index < -0.39 is 17.4 Å². The van der Waals surface area contributed by atoms with Crippen molar-refractivity contribution in [1.29, 1.82) is 0 Å². The number of ether oxygens (including phenoxy) is 1. The summed E-state index contributed by atoms with van der Waals surface area (Å²) in [6.45, 7) is 20.2. The number of nitrogens with zero attached hydrogens (tertiary/aromatic N) is 1. The summed E-state index contributed by atoms with van der Waals surface area (Å²) in [4.78, 5) is 55.9. The van der Waals surface area contributed by atoms with Crippen molar-refractivity contribution in [2.24, 2.45) is 56.2 Å². The maximum atomic E-state index is 14.0. The van der Waals surface area contributed by atoms with Gasteiger partial charge in [0.25, 0.3) is 5.91 Å². The summed E-state index contributed by atoms with van der Waals surface area (Å²) in [5.74, 6) is 0.134. The molecule has 1 amide bonds. The fourth-order valence-corrected chi connectivity index (χ4v) is 12.9. The highest BCUT2D eigenvalue weighted by molar-refractivity contribution is 6.00. The quantitative estimate of drug-likeness (QED) is 0.247. The lowest BCUT2D eigenvalue weighted by atomic mass is 9.33. The Hall–Kier alpha value is -3.03. The van der Waals surface area contributed by atoms with Crippen LogP contribution >= 0.6 is 0 Å². The number of carboxylic acid groups (broad SMARTS) is 1. The number of amides is 1. The van der Waals surface area contributed by atoms with Crippen molar-refractivity contribution in [2.45, 2.75) is 139 Å². The zero-order valence-electron chi connectivity index (χ0n) is 32.6. The smallest absolute Gasteiger partial charge is 0.309 e. The number of carbonyl (C=O) groups is 4. The van der Waals surface area contributed by atoms with Gasteiger partial charge in [-0.15, -0.1) is 0 Å². The van der Waals surface area contributed by atoms with E-state index in [1.165, 1.54) is 5.57 Å². The molecule has 1 aromatic heterocycles. The monoisotopic (exact) mass is 702 g/mol. The first kappa shape index (κ1) is 37.7. The van der Waals surface area contributed by atoms with Crippen LogP contribution in [0.4, 0.5) is 0 Å². The Bertz CT molecular complexity index is 1610. The third-order valence-corrected chi connectivity index (χ3v) is 15.7. The Labute approximate surface area is 305 Å². The van der Waals surface area contributed by atoms with Gasteiger partial charge in [-0.05, 0) is 129 Å². The Morgan fingerprint density at radius 1 is 0.961 bits per heavy atom. The predicted octanol–water partition coefficient (Wildman–Crippen LogP) is 8.59. The number of aliphatic carboxylic acids is 1. The van der Waals surface area contributed by atoms with Crippen LogP contribution in [0.25, 0.3) is 0 Å². The number of Topliss-reactive ketones (excluding diaryl/α,β-unsaturated/α-hetero) is 1. The highest BCUT2D eigenvalue weighted by atomic mass is 16.5. The minimum atomic E-state index is -1.16. The summed E-state index contributed by atoms with van der Waals surface area (Å²) in [5, 5.41) is 12.7. The van der Waals surface area contributed by atoms with Crippen LogP contribution in [0.1, 0.15) is 143 Å². The Balaban J connectivity index is 1.25. The highest BCUT2D eigenvalue weighted by Gasteiger charge is 2.70. The van der Waals surface area contributed by atoms with Crippen molar-refractivity contribution in [3.8, 4) is 0 Å². The molecule has 0 saturated heterocycles. The van der Waals surface area contributed by atoms with Gasteiger partial charge in [0.1, 0.15) is 11.8 Å². The van der Waals surface area contributed by atoms with Gasteiger partial charge in [0.2, 0.25) is 0 Å². The van der Waals surface area contributed by atoms with Gasteiger partial charge >= 0.3 is 11.9 Å². The molecule has 280 valence electrons. The first-order valence-electron chi connectivity index (χ1n) is 19.6. The summed E-state index contributed by atoms with van der Waals surface area (Å²) < 4.78 is 6.16. The van der Waals surface area contributed by atoms with E-state index in [9.17, 15) is 24.3 Å². The molecule has 8 heteroatoms. The van der Waals surface area contributed by atoms with Gasteiger partial charge < -0.3 is 15.2 Å². The van der Waals surface area contributed by atoms with Gasteiger partial charge in [0, 0.05) is 30.0 Å². The third kappa shape index (κ3) is 5.89. The summed E-state index contributed by atoms with van der Waals surface area (Å²) in [5.41, 5.74) is 1.52. The van der Waals surface area contributed by atoms with Crippen molar-refractivity contribution in [3.05, 3.63) is 41.2 Å². The summed E-state index contributed by atoms with van der Waals surface area (Å²) in [6.07, 6.45) is 10.8. The second-order valence-electron chi connectivity index (χ2n) is 19.4. The van der Waals surface area contributed by atoms with Crippen LogP contribution in [0.2, 0.25) is 0 Å². The molecule has 2 N–H and O–H groups in total. The summed E-state index contributed by atoms with van der Waals surface area (Å²) >= 11 is 0. The van der Waals surface area contributed by atoms with Crippen LogP contribution in [0, 0.1) is 56.2 Å². The van der Waals surface area contributed by atoms with Gasteiger partial charge in [-0.1, -0.05) is 60.1 Å². The Morgan fingerprint density at radius 3 is 2.33 bits per heavy atom. The molecule has 0 unspecified atom stereocenters. The molecule has 5 aliphatic carbocycles. The number of hydrogen-bond donors (Lipinski definition) is 2. The number of aromatic nitrogens is 1. The molecule has 6 rings (SSSR count). The van der Waals surface area contributed by atoms with E-state index in [4.69, 9.17) is 4.74 Å². The fourth-order valence-electron chi connectivity index (χ4n) is 12.9. The summed E-state index contributed by atoms with van der Waals surface area (Å²) in [7, 11) is 0. The number of rotatable bonds is 9. The van der Waals surface area contributed by atoms with Gasteiger partial charge in [0.05, 0.1) is 11.8 Å². The lowest BCUT2D eigenvalue weighted by Crippen LogP contribution is -2.65. The molecule has 8 nitrogen and oxygen atoms in total. The van der Waals surface area contributed by atoms with Gasteiger partial charge in [-0.2, -0.15) is 0 Å². The number of fused-ring (bicyclic) bond motifs is 7. The lowest BCUT2D eigenvalue weighted by molar-refractivity contribution is -0.233. The van der Waals surface area contributed by atoms with Crippen molar-refractivity contribution in [3.63, 3.8) is 0 Å². The molecule has 0 aromatic carbocycles. The van der Waals surface area contributed by atoms with Crippen molar-refractivity contribution in [2.75, 3.05) is 6.54 Å². The fraction of sp³-hybridized carbons (Fsp3) is 0.744. The second-order valence-corrected chi connectivity index (χ2v) is 19.4. The van der Waals surface area contributed by atoms with Gasteiger partial charge in [0.15, 0.2) is 5.78 Å². The minimum absolute atomic E-state index is 0.0422. The van der Waals surface area contributed by atoms with Crippen LogP contribution in [-0.4, -0.2) is 46.4 Å². The van der Waals surface area contributed by atoms with Crippen LogP contribution in [0.5, 0.6) is 0 Å². The number of carboxylic acids is 1. The molecule has 0 spiro atoms. The molecular weight excluding hydrogens is 640 g/mol. The molecule has 0 bridgehead atoms. The molecule has 0 aliphatic heterocycles. The second kappa shape index (κ2) is 12.8. The molecule has 1 aromatic rings. The van der Waals surface area contributed by atoms with Crippen LogP contribution in [0.15, 0.2) is 35.5 Å². The average molecular weight is 703 g/mol. The average Bonchev–Trinajstić information content (AvgIpc) is 3.35. The van der Waals surface area contributed by atoms with Crippen LogP contribution in [-0.2, 0) is 19.1 Å². The largest absolute Gasteiger partial charge is 0.481 e. The molecule has 5 aliphatic rings. The Morgan fingerprint density at radius 2 is 1.69 bits per heavy atom. The van der Waals surface area contributed by atoms with E-state index in [0.717, 1.165) is 63.4 Å². The number of esters is 1. The normalized spacial score (nSPS) is 37.2. The SMILES string of the molecule is CC(C)C1=C2[C@H]3CC[C@@H]4[C@@]5(C)CC[C@H](OC(=O)CC(C)(C)C(=O)O)C(C)(C)[C@@H]5CC[C@@]4(C)[C@]3(C)CC[C@@]2(CCNC(=O)c2ccccn2)CC1=O. The van der Waals surface area contributed by atoms with Crippen molar-refractivity contribution in [1.82, 2.24) is 10.3 Å². The standard InChI is InChI=1S/C43H62N2O6/c1-26(2)34-29(46)24-43(21-23-45-36(48)28-12-10-11-22-44-28)20-19-41(8)27(35(34)43)13-14-31-40(7)17-16-32(51-33(47)25-38(3,4)37(49)50)39(5,6)30(40)15-18-42(31,41)9/h10-12,22,26-27,30-32H,13-21,23-25H2,1-9H3,(H,45,48)(H,49,50)/t27-,30+,31-,32+,40+,41-,42-,43-/m1/s1. The molecular formula is C43H62N2O6. The van der Waals surface area contributed by atoms with E-state index in [0.29, 0.717) is 42.2 Å². The predicted molar refractivity (Wildman–Crippen MR) is 197 cm³/mol. The molecule has 4 saturated carbocycles. The van der Waals surface area contributed by atoms with Crippen molar-refractivity contribution < 1.29 is 29.0 Å². The van der Waals surface area contributed by atoms with Crippen LogP contribution in [0.3, 0.4) is 0 Å². The zero-order chi connectivity index (χ0) is 37.4. The van der Waals surface area contributed by atoms with Crippen LogP contribution < -0.4 is 5.32 Å². The van der Waals surface area contributed by atoms with E-state index in [1.54, 1.807) is 26.1 Å².